The Kier molecular flexibility index (Phi) is 8.28. The van der Waals surface area contributed by atoms with Gasteiger partial charge < -0.3 is 14.2 Å². The van der Waals surface area contributed by atoms with Crippen molar-refractivity contribution in [2.75, 3.05) is 0 Å². The van der Waals surface area contributed by atoms with E-state index < -0.39 is 46.3 Å². The largest absolute Gasteiger partial charge is 0.458 e. The molecule has 0 fully saturated rings. The highest BCUT2D eigenvalue weighted by atomic mass is 16.6. The van der Waals surface area contributed by atoms with Crippen LogP contribution in [0.4, 0.5) is 9.59 Å². The minimum atomic E-state index is -2.17. The van der Waals surface area contributed by atoms with Crippen molar-refractivity contribution >= 4 is 23.9 Å². The summed E-state index contributed by atoms with van der Waals surface area (Å²) < 4.78 is 15.9. The highest BCUT2D eigenvalue weighted by Gasteiger charge is 2.53. The fourth-order valence-corrected chi connectivity index (χ4v) is 2.09. The minimum Gasteiger partial charge on any atom is -0.458 e. The van der Waals surface area contributed by atoms with Gasteiger partial charge in [0.1, 0.15) is 16.8 Å². The first kappa shape index (κ1) is 26.7. The number of hydrazine groups is 1. The number of amides is 2. The van der Waals surface area contributed by atoms with E-state index in [1.807, 2.05) is 0 Å². The second-order valence-electron chi connectivity index (χ2n) is 9.78. The van der Waals surface area contributed by atoms with Crippen molar-refractivity contribution in [3.05, 3.63) is 0 Å². The predicted octanol–water partition coefficient (Wildman–Crippen LogP) is 3.74. The number of esters is 1. The Morgan fingerprint density at radius 1 is 0.724 bits per heavy atom. The van der Waals surface area contributed by atoms with E-state index in [4.69, 9.17) is 14.2 Å². The van der Waals surface area contributed by atoms with Crippen molar-refractivity contribution in [2.45, 2.75) is 105 Å². The molecule has 0 aliphatic carbocycles. The lowest BCUT2D eigenvalue weighted by molar-refractivity contribution is -0.173. The molecule has 0 radical (unpaired) electrons. The Morgan fingerprint density at radius 2 is 1.14 bits per heavy atom. The summed E-state index contributed by atoms with van der Waals surface area (Å²) in [5, 5.41) is 0.548. The number of ether oxygens (including phenoxy) is 3. The van der Waals surface area contributed by atoms with E-state index in [0.717, 1.165) is 0 Å². The quantitative estimate of drug-likeness (QED) is 0.321. The Balaban J connectivity index is 6.27. The van der Waals surface area contributed by atoms with E-state index in [1.54, 1.807) is 62.3 Å². The summed E-state index contributed by atoms with van der Waals surface area (Å²) in [6.07, 6.45) is -2.22. The van der Waals surface area contributed by atoms with E-state index in [-0.39, 0.29) is 6.42 Å². The lowest BCUT2D eigenvalue weighted by atomic mass is 9.93. The van der Waals surface area contributed by atoms with Crippen LogP contribution in [0.1, 0.15) is 82.6 Å². The Morgan fingerprint density at radius 3 is 1.48 bits per heavy atom. The average molecular weight is 417 g/mol. The predicted molar refractivity (Wildman–Crippen MR) is 107 cm³/mol. The summed E-state index contributed by atoms with van der Waals surface area (Å²) in [5.74, 6) is -1.65. The van der Waals surface area contributed by atoms with Gasteiger partial charge in [-0.15, -0.1) is 0 Å². The molecule has 9 nitrogen and oxygen atoms in total. The molecule has 1 atom stereocenters. The summed E-state index contributed by atoms with van der Waals surface area (Å²) in [4.78, 5) is 51.0. The van der Waals surface area contributed by atoms with Crippen LogP contribution in [0.5, 0.6) is 0 Å². The van der Waals surface area contributed by atoms with Gasteiger partial charge in [-0.25, -0.2) is 19.8 Å². The first-order valence-electron chi connectivity index (χ1n) is 9.52. The number of carbonyl (C=O) groups excluding carboxylic acids is 4. The fraction of sp³-hybridized carbons (Fsp3) is 0.800. The second kappa shape index (κ2) is 9.00. The highest BCUT2D eigenvalue weighted by molar-refractivity contribution is 6.10. The van der Waals surface area contributed by atoms with Crippen molar-refractivity contribution in [1.82, 2.24) is 10.4 Å². The summed E-state index contributed by atoms with van der Waals surface area (Å²) in [5.41, 5.74) is -2.73. The van der Waals surface area contributed by atoms with E-state index in [0.29, 0.717) is 5.01 Å². The molecule has 29 heavy (non-hydrogen) atoms. The summed E-state index contributed by atoms with van der Waals surface area (Å²) in [7, 11) is 0. The van der Waals surface area contributed by atoms with Gasteiger partial charge in [0.15, 0.2) is 5.78 Å². The molecule has 9 heteroatoms. The van der Waals surface area contributed by atoms with Gasteiger partial charge in [0.2, 0.25) is 5.54 Å². The first-order chi connectivity index (χ1) is 12.7. The standard InChI is InChI=1S/C20H36N2O7/c1-12-13(23)20(11,14(24)27-17(2,3)4)22(16(26)29-19(8,9)10)21-15(25)28-18(5,6)7/h12H2,1-11H3,(H,21,25)/t20-/m0/s1. The molecule has 0 aromatic carbocycles. The Hall–Kier alpha value is -2.32. The molecule has 0 saturated heterocycles. The molecule has 0 unspecified atom stereocenters. The van der Waals surface area contributed by atoms with E-state index in [9.17, 15) is 19.2 Å². The zero-order valence-corrected chi connectivity index (χ0v) is 19.5. The molecule has 0 rings (SSSR count). The van der Waals surface area contributed by atoms with Gasteiger partial charge in [0.25, 0.3) is 0 Å². The molecular formula is C20H36N2O7. The van der Waals surface area contributed by atoms with Crippen molar-refractivity contribution < 1.29 is 33.4 Å². The first-order valence-corrected chi connectivity index (χ1v) is 9.52. The summed E-state index contributed by atoms with van der Waals surface area (Å²) in [6, 6.07) is 0. The normalized spacial score (nSPS) is 14.3. The van der Waals surface area contributed by atoms with Crippen LogP contribution < -0.4 is 5.43 Å². The lowest BCUT2D eigenvalue weighted by Gasteiger charge is -2.39. The molecule has 0 aliphatic rings. The van der Waals surface area contributed by atoms with E-state index in [2.05, 4.69) is 5.43 Å². The molecule has 0 saturated carbocycles. The monoisotopic (exact) mass is 416 g/mol. The van der Waals surface area contributed by atoms with Crippen LogP contribution in [0.25, 0.3) is 0 Å². The summed E-state index contributed by atoms with van der Waals surface area (Å²) >= 11 is 0. The molecule has 2 amide bonds. The van der Waals surface area contributed by atoms with Gasteiger partial charge in [0, 0.05) is 6.42 Å². The summed E-state index contributed by atoms with van der Waals surface area (Å²) in [6.45, 7) is 17.4. The van der Waals surface area contributed by atoms with Crippen molar-refractivity contribution in [2.24, 2.45) is 0 Å². The number of carbonyl (C=O) groups is 4. The van der Waals surface area contributed by atoms with Crippen LogP contribution in [0, 0.1) is 0 Å². The zero-order chi connectivity index (χ0) is 23.4. The van der Waals surface area contributed by atoms with Crippen LogP contribution in [-0.4, -0.2) is 51.3 Å². The number of ketones is 1. The maximum atomic E-state index is 13.0. The number of nitrogens with one attached hydrogen (secondary N) is 1. The number of hydrogen-bond acceptors (Lipinski definition) is 7. The van der Waals surface area contributed by atoms with Crippen LogP contribution in [0.3, 0.4) is 0 Å². The van der Waals surface area contributed by atoms with Gasteiger partial charge >= 0.3 is 18.2 Å². The van der Waals surface area contributed by atoms with Crippen LogP contribution in [0.2, 0.25) is 0 Å². The highest BCUT2D eigenvalue weighted by Crippen LogP contribution is 2.25. The smallest absolute Gasteiger partial charge is 0.430 e. The SMILES string of the molecule is CCC(=O)[C@@](C)(C(=O)OC(C)(C)C)N(NC(=O)OC(C)(C)C)C(=O)OC(C)(C)C. The molecule has 0 bridgehead atoms. The van der Waals surface area contributed by atoms with Crippen LogP contribution in [0.15, 0.2) is 0 Å². The van der Waals surface area contributed by atoms with Gasteiger partial charge in [-0.1, -0.05) is 6.92 Å². The Labute approximate surface area is 173 Å². The molecule has 168 valence electrons. The average Bonchev–Trinajstić information content (AvgIpc) is 2.45. The third-order valence-electron chi connectivity index (χ3n) is 3.29. The molecular weight excluding hydrogens is 380 g/mol. The maximum absolute atomic E-state index is 13.0. The van der Waals surface area contributed by atoms with Crippen LogP contribution in [-0.2, 0) is 23.8 Å². The topological polar surface area (TPSA) is 111 Å². The zero-order valence-electron chi connectivity index (χ0n) is 19.5. The second-order valence-corrected chi connectivity index (χ2v) is 9.78. The van der Waals surface area contributed by atoms with Crippen molar-refractivity contribution in [3.63, 3.8) is 0 Å². The van der Waals surface area contributed by atoms with Crippen molar-refractivity contribution in [1.29, 1.82) is 0 Å². The third-order valence-corrected chi connectivity index (χ3v) is 3.29. The van der Waals surface area contributed by atoms with Gasteiger partial charge in [0.05, 0.1) is 0 Å². The number of Topliss-reactive ketones (excluding diaryl/α,β-unsaturated/α-hetero) is 1. The number of nitrogens with zero attached hydrogens (tertiary/aromatic N) is 1. The molecule has 1 N–H and O–H groups in total. The van der Waals surface area contributed by atoms with E-state index >= 15 is 0 Å². The molecule has 0 aromatic rings. The number of rotatable bonds is 4. The molecule has 0 aliphatic heterocycles. The number of hydrogen-bond donors (Lipinski definition) is 1. The Bertz CT molecular complexity index is 639. The molecule has 0 heterocycles. The lowest BCUT2D eigenvalue weighted by Crippen LogP contribution is -2.67. The van der Waals surface area contributed by atoms with E-state index in [1.165, 1.54) is 13.8 Å². The van der Waals surface area contributed by atoms with Gasteiger partial charge in [-0.2, -0.15) is 5.01 Å². The fourth-order valence-electron chi connectivity index (χ4n) is 2.09. The van der Waals surface area contributed by atoms with Gasteiger partial charge in [-0.3, -0.25) is 4.79 Å². The van der Waals surface area contributed by atoms with Gasteiger partial charge in [-0.05, 0) is 69.2 Å². The molecule has 0 aromatic heterocycles. The van der Waals surface area contributed by atoms with Crippen molar-refractivity contribution in [3.8, 4) is 0 Å². The van der Waals surface area contributed by atoms with Crippen LogP contribution >= 0.6 is 0 Å². The third kappa shape index (κ3) is 8.70. The maximum Gasteiger partial charge on any atom is 0.430 e. The molecule has 0 spiro atoms. The minimum absolute atomic E-state index is 0.0922.